The number of anilines is 1. The Labute approximate surface area is 260 Å². The van der Waals surface area contributed by atoms with Gasteiger partial charge in [0.2, 0.25) is 10.0 Å². The SMILES string of the molecule is C[C@@H]1[C@@H](C)C/C=C/C(O)[C@@]2(CCO)CC[C@H]2CN2CCCCc3cc(Cl)ccc3COc3ccc(cc32)C(=O)NS1(=O)=O. The van der Waals surface area contributed by atoms with Crippen LogP contribution < -0.4 is 14.4 Å². The van der Waals surface area contributed by atoms with Gasteiger partial charge in [-0.25, -0.2) is 13.1 Å². The number of fused-ring (bicyclic) bond motifs is 3. The molecule has 2 aromatic rings. The quantitative estimate of drug-likeness (QED) is 0.388. The fourth-order valence-corrected chi connectivity index (χ4v) is 8.28. The fraction of sp³-hybridized carbons (Fsp3) is 0.545. The number of hydrogen-bond acceptors (Lipinski definition) is 7. The topological polar surface area (TPSA) is 116 Å². The number of allylic oxidation sites excluding steroid dienone is 1. The first kappa shape index (κ1) is 31.8. The van der Waals surface area contributed by atoms with Gasteiger partial charge in [-0.15, -0.1) is 0 Å². The van der Waals surface area contributed by atoms with E-state index in [0.717, 1.165) is 43.2 Å². The van der Waals surface area contributed by atoms with Gasteiger partial charge in [0.05, 0.1) is 17.0 Å². The number of carbonyl (C=O) groups excluding carboxylic acids is 1. The second-order valence-corrected chi connectivity index (χ2v) is 15.0. The van der Waals surface area contributed by atoms with Crippen molar-refractivity contribution in [2.75, 3.05) is 24.6 Å². The van der Waals surface area contributed by atoms with Crippen molar-refractivity contribution in [2.45, 2.75) is 76.8 Å². The van der Waals surface area contributed by atoms with Crippen LogP contribution in [0.5, 0.6) is 5.75 Å². The van der Waals surface area contributed by atoms with Crippen LogP contribution in [0.15, 0.2) is 48.6 Å². The summed E-state index contributed by atoms with van der Waals surface area (Å²) in [6, 6.07) is 10.9. The molecule has 10 heteroatoms. The summed E-state index contributed by atoms with van der Waals surface area (Å²) in [5.74, 6) is -0.262. The fourth-order valence-electron chi connectivity index (χ4n) is 6.80. The summed E-state index contributed by atoms with van der Waals surface area (Å²) in [6.07, 6.45) is 8.10. The predicted octanol–water partition coefficient (Wildman–Crippen LogP) is 5.25. The number of aliphatic hydroxyl groups is 2. The first-order valence-corrected chi connectivity index (χ1v) is 17.3. The molecule has 2 heterocycles. The Balaban J connectivity index is 1.58. The van der Waals surface area contributed by atoms with Crippen LogP contribution in [0.4, 0.5) is 5.69 Å². The van der Waals surface area contributed by atoms with E-state index in [1.54, 1.807) is 31.2 Å². The molecule has 2 bridgehead atoms. The minimum absolute atomic E-state index is 0.0298. The first-order chi connectivity index (χ1) is 20.5. The number of aryl methyl sites for hydroxylation is 1. The van der Waals surface area contributed by atoms with Gasteiger partial charge in [-0.2, -0.15) is 0 Å². The van der Waals surface area contributed by atoms with Crippen molar-refractivity contribution in [1.82, 2.24) is 4.72 Å². The van der Waals surface area contributed by atoms with E-state index in [0.29, 0.717) is 49.0 Å². The zero-order chi connectivity index (χ0) is 30.8. The number of aliphatic hydroxyl groups excluding tert-OH is 2. The summed E-state index contributed by atoms with van der Waals surface area (Å²) >= 11 is 6.31. The van der Waals surface area contributed by atoms with Crippen LogP contribution in [0.2, 0.25) is 5.02 Å². The van der Waals surface area contributed by atoms with Crippen molar-refractivity contribution < 1.29 is 28.2 Å². The molecule has 5 atom stereocenters. The molecule has 0 radical (unpaired) electrons. The second kappa shape index (κ2) is 13.2. The minimum Gasteiger partial charge on any atom is -0.487 e. The highest BCUT2D eigenvalue weighted by Gasteiger charge is 2.51. The molecule has 2 aliphatic heterocycles. The predicted molar refractivity (Wildman–Crippen MR) is 169 cm³/mol. The zero-order valence-corrected chi connectivity index (χ0v) is 26.5. The maximum Gasteiger partial charge on any atom is 0.264 e. The standard InChI is InChI=1S/C33H43ClN2O6S/c1-22-6-5-8-31(38)33(15-17-37)14-13-27(33)20-36-16-4-3-7-24-18-28(34)11-9-26(24)21-42-30-12-10-25(19-29(30)36)32(39)35-43(40,41)23(22)2/h5,8-12,18-19,22-23,27,31,37-38H,3-4,6-7,13-17,20-21H2,1-2H3,(H,35,39)/b8-5+/t22-,23+,27-,31?,33+/m0/s1. The minimum atomic E-state index is -3.96. The van der Waals surface area contributed by atoms with Gasteiger partial charge in [-0.1, -0.05) is 36.7 Å². The van der Waals surface area contributed by atoms with Crippen LogP contribution in [0.25, 0.3) is 0 Å². The summed E-state index contributed by atoms with van der Waals surface area (Å²) in [6.45, 7) is 5.00. The van der Waals surface area contributed by atoms with Gasteiger partial charge in [0.1, 0.15) is 12.4 Å². The molecule has 8 nitrogen and oxygen atoms in total. The Morgan fingerprint density at radius 2 is 1.95 bits per heavy atom. The molecule has 0 aromatic heterocycles. The number of carbonyl (C=O) groups is 1. The Hall–Kier alpha value is -2.59. The van der Waals surface area contributed by atoms with Crippen molar-refractivity contribution in [3.8, 4) is 5.75 Å². The monoisotopic (exact) mass is 630 g/mol. The van der Waals surface area contributed by atoms with E-state index in [1.165, 1.54) is 0 Å². The number of nitrogens with zero attached hydrogens (tertiary/aromatic N) is 1. The molecule has 1 unspecified atom stereocenters. The molecular weight excluding hydrogens is 588 g/mol. The highest BCUT2D eigenvalue weighted by Crippen LogP contribution is 2.53. The number of amides is 1. The lowest BCUT2D eigenvalue weighted by atomic mass is 9.55. The summed E-state index contributed by atoms with van der Waals surface area (Å²) in [7, 11) is -3.96. The lowest BCUT2D eigenvalue weighted by molar-refractivity contribution is -0.0772. The van der Waals surface area contributed by atoms with E-state index in [-0.39, 0.29) is 24.0 Å². The number of hydrogen-bond donors (Lipinski definition) is 3. The van der Waals surface area contributed by atoms with Crippen molar-refractivity contribution in [3.05, 3.63) is 70.3 Å². The average molecular weight is 631 g/mol. The molecule has 5 rings (SSSR count). The maximum atomic E-state index is 13.4. The van der Waals surface area contributed by atoms with Gasteiger partial charge in [0, 0.05) is 35.7 Å². The number of ether oxygens (including phenoxy) is 1. The van der Waals surface area contributed by atoms with E-state index in [2.05, 4.69) is 9.62 Å². The molecule has 1 amide bonds. The van der Waals surface area contributed by atoms with Crippen molar-refractivity contribution in [1.29, 1.82) is 0 Å². The van der Waals surface area contributed by atoms with Crippen molar-refractivity contribution >= 4 is 33.2 Å². The Morgan fingerprint density at radius 3 is 2.70 bits per heavy atom. The molecule has 2 aromatic carbocycles. The van der Waals surface area contributed by atoms with Gasteiger partial charge in [0.25, 0.3) is 5.91 Å². The van der Waals surface area contributed by atoms with E-state index in [1.807, 2.05) is 31.2 Å². The van der Waals surface area contributed by atoms with E-state index < -0.39 is 32.7 Å². The van der Waals surface area contributed by atoms with Crippen LogP contribution in [-0.2, 0) is 23.1 Å². The van der Waals surface area contributed by atoms with Gasteiger partial charge < -0.3 is 19.8 Å². The first-order valence-electron chi connectivity index (χ1n) is 15.3. The maximum absolute atomic E-state index is 13.4. The third-order valence-electron chi connectivity index (χ3n) is 9.97. The Morgan fingerprint density at radius 1 is 1.14 bits per heavy atom. The zero-order valence-electron chi connectivity index (χ0n) is 25.0. The molecule has 3 N–H and O–H groups in total. The van der Waals surface area contributed by atoms with E-state index in [9.17, 15) is 23.4 Å². The number of benzene rings is 2. The van der Waals surface area contributed by atoms with Crippen LogP contribution in [0.1, 0.15) is 73.9 Å². The van der Waals surface area contributed by atoms with Crippen LogP contribution in [0, 0.1) is 17.3 Å². The van der Waals surface area contributed by atoms with Gasteiger partial charge in [0.15, 0.2) is 0 Å². The highest BCUT2D eigenvalue weighted by molar-refractivity contribution is 7.90. The smallest absolute Gasteiger partial charge is 0.264 e. The lowest BCUT2D eigenvalue weighted by Gasteiger charge is -2.53. The molecule has 3 aliphatic rings. The number of nitrogens with one attached hydrogen (secondary N) is 1. The Bertz CT molecular complexity index is 1460. The molecular formula is C33H43ClN2O6S. The second-order valence-electron chi connectivity index (χ2n) is 12.5. The van der Waals surface area contributed by atoms with Crippen LogP contribution >= 0.6 is 11.6 Å². The normalized spacial score (nSPS) is 30.3. The number of rotatable bonds is 2. The van der Waals surface area contributed by atoms with Crippen molar-refractivity contribution in [3.63, 3.8) is 0 Å². The molecule has 0 spiro atoms. The van der Waals surface area contributed by atoms with Gasteiger partial charge in [-0.3, -0.25) is 4.79 Å². The number of sulfonamides is 1. The largest absolute Gasteiger partial charge is 0.487 e. The molecule has 43 heavy (non-hydrogen) atoms. The van der Waals surface area contributed by atoms with E-state index >= 15 is 0 Å². The van der Waals surface area contributed by atoms with E-state index in [4.69, 9.17) is 16.3 Å². The lowest BCUT2D eigenvalue weighted by Crippen LogP contribution is -2.53. The summed E-state index contributed by atoms with van der Waals surface area (Å²) in [5, 5.41) is 21.4. The Kier molecular flexibility index (Phi) is 9.76. The average Bonchev–Trinajstić information content (AvgIpc) is 2.99. The summed E-state index contributed by atoms with van der Waals surface area (Å²) in [5.41, 5.74) is 2.66. The molecule has 234 valence electrons. The number of halogens is 1. The molecule has 1 saturated carbocycles. The highest BCUT2D eigenvalue weighted by atomic mass is 35.5. The molecule has 1 aliphatic carbocycles. The van der Waals surface area contributed by atoms with Crippen LogP contribution in [0.3, 0.4) is 0 Å². The summed E-state index contributed by atoms with van der Waals surface area (Å²) < 4.78 is 35.1. The van der Waals surface area contributed by atoms with Crippen molar-refractivity contribution in [2.24, 2.45) is 17.3 Å². The molecule has 0 saturated heterocycles. The van der Waals surface area contributed by atoms with Gasteiger partial charge >= 0.3 is 0 Å². The summed E-state index contributed by atoms with van der Waals surface area (Å²) in [4.78, 5) is 15.6. The molecule has 1 fully saturated rings. The van der Waals surface area contributed by atoms with Crippen LogP contribution in [-0.4, -0.2) is 55.6 Å². The van der Waals surface area contributed by atoms with Gasteiger partial charge in [-0.05, 0) is 105 Å². The third kappa shape index (κ3) is 6.75. The third-order valence-corrected chi connectivity index (χ3v) is 12.1.